The molecule has 0 radical (unpaired) electrons. The van der Waals surface area contributed by atoms with Gasteiger partial charge in [-0.3, -0.25) is 4.68 Å². The van der Waals surface area contributed by atoms with E-state index in [1.54, 1.807) is 0 Å². The van der Waals surface area contributed by atoms with E-state index < -0.39 is 0 Å². The number of rotatable bonds is 5. The summed E-state index contributed by atoms with van der Waals surface area (Å²) in [5, 5.41) is 8.20. The van der Waals surface area contributed by atoms with E-state index >= 15 is 0 Å². The van der Waals surface area contributed by atoms with Crippen molar-refractivity contribution in [1.82, 2.24) is 15.1 Å². The smallest absolute Gasteiger partial charge is 0.0700 e. The van der Waals surface area contributed by atoms with Gasteiger partial charge in [-0.15, -0.1) is 0 Å². The quantitative estimate of drug-likeness (QED) is 0.887. The predicted octanol–water partition coefficient (Wildman–Crippen LogP) is 2.58. The summed E-state index contributed by atoms with van der Waals surface area (Å²) in [6.45, 7) is 4.94. The normalized spacial score (nSPS) is 24.4. The van der Waals surface area contributed by atoms with E-state index in [1.807, 2.05) is 0 Å². The molecule has 1 saturated heterocycles. The van der Waals surface area contributed by atoms with Gasteiger partial charge in [0.05, 0.1) is 17.8 Å². The fraction of sp³-hybridized carbons (Fsp3) is 0.800. The summed E-state index contributed by atoms with van der Waals surface area (Å²) in [7, 11) is 0. The molecule has 1 aliphatic carbocycles. The van der Waals surface area contributed by atoms with Crippen LogP contribution in [0.4, 0.5) is 0 Å². The molecule has 3 rings (SSSR count). The van der Waals surface area contributed by atoms with E-state index in [0.29, 0.717) is 12.1 Å². The van der Waals surface area contributed by atoms with Crippen LogP contribution in [-0.2, 0) is 11.3 Å². The molecule has 0 spiro atoms. The number of aromatic nitrogens is 2. The lowest BCUT2D eigenvalue weighted by molar-refractivity contribution is 0.110. The van der Waals surface area contributed by atoms with Gasteiger partial charge >= 0.3 is 0 Å². The molecule has 0 bridgehead atoms. The second-order valence-corrected chi connectivity index (χ2v) is 5.92. The molecule has 0 unspecified atom stereocenters. The average Bonchev–Trinajstić information content (AvgIpc) is 3.11. The molecule has 0 aromatic carbocycles. The largest absolute Gasteiger partial charge is 0.377 e. The van der Waals surface area contributed by atoms with Crippen molar-refractivity contribution in [1.29, 1.82) is 0 Å². The van der Waals surface area contributed by atoms with E-state index in [9.17, 15) is 0 Å². The topological polar surface area (TPSA) is 39.1 Å². The molecule has 1 saturated carbocycles. The molecule has 0 amide bonds. The maximum absolute atomic E-state index is 5.62. The highest BCUT2D eigenvalue weighted by Gasteiger charge is 2.19. The monoisotopic (exact) mass is 263 g/mol. The Morgan fingerprint density at radius 1 is 1.32 bits per heavy atom. The Morgan fingerprint density at radius 3 is 2.89 bits per heavy atom. The molecule has 106 valence electrons. The number of nitrogens with one attached hydrogen (secondary N) is 1. The third kappa shape index (κ3) is 3.18. The molecule has 2 fully saturated rings. The Kier molecular flexibility index (Phi) is 4.18. The van der Waals surface area contributed by atoms with Crippen LogP contribution >= 0.6 is 0 Å². The first-order valence-electron chi connectivity index (χ1n) is 7.70. The Labute approximate surface area is 115 Å². The second kappa shape index (κ2) is 6.06. The fourth-order valence-electron chi connectivity index (χ4n) is 3.22. The van der Waals surface area contributed by atoms with E-state index in [0.717, 1.165) is 19.7 Å². The van der Waals surface area contributed by atoms with Crippen molar-refractivity contribution in [2.45, 2.75) is 64.1 Å². The molecule has 2 aliphatic rings. The Morgan fingerprint density at radius 2 is 2.16 bits per heavy atom. The third-order valence-corrected chi connectivity index (χ3v) is 4.43. The fourth-order valence-corrected chi connectivity index (χ4v) is 3.22. The van der Waals surface area contributed by atoms with Crippen LogP contribution in [0.1, 0.15) is 55.8 Å². The van der Waals surface area contributed by atoms with Crippen molar-refractivity contribution >= 4 is 0 Å². The summed E-state index contributed by atoms with van der Waals surface area (Å²) < 4.78 is 7.82. The van der Waals surface area contributed by atoms with Crippen molar-refractivity contribution in [3.63, 3.8) is 0 Å². The minimum Gasteiger partial charge on any atom is -0.377 e. The molecule has 1 aliphatic heterocycles. The van der Waals surface area contributed by atoms with E-state index in [-0.39, 0.29) is 0 Å². The molecular weight excluding hydrogens is 238 g/mol. The van der Waals surface area contributed by atoms with Gasteiger partial charge in [-0.2, -0.15) is 5.10 Å². The van der Waals surface area contributed by atoms with Gasteiger partial charge in [0.1, 0.15) is 0 Å². The lowest BCUT2D eigenvalue weighted by atomic mass is 10.2. The SMILES string of the molecule is Cc1nn(C2CCCC2)cc1CNC[C@@H]1CCCO1. The average molecular weight is 263 g/mol. The lowest BCUT2D eigenvalue weighted by Gasteiger charge is -2.10. The molecule has 2 heterocycles. The first-order chi connectivity index (χ1) is 9.33. The second-order valence-electron chi connectivity index (χ2n) is 5.92. The van der Waals surface area contributed by atoms with Crippen molar-refractivity contribution in [3.8, 4) is 0 Å². The first kappa shape index (κ1) is 13.1. The van der Waals surface area contributed by atoms with Crippen molar-refractivity contribution in [2.24, 2.45) is 0 Å². The third-order valence-electron chi connectivity index (χ3n) is 4.43. The summed E-state index contributed by atoms with van der Waals surface area (Å²) >= 11 is 0. The van der Waals surface area contributed by atoms with E-state index in [2.05, 4.69) is 28.2 Å². The molecule has 1 N–H and O–H groups in total. The van der Waals surface area contributed by atoms with Crippen LogP contribution in [0, 0.1) is 6.92 Å². The minimum atomic E-state index is 0.421. The van der Waals surface area contributed by atoms with Gasteiger partial charge in [0.15, 0.2) is 0 Å². The predicted molar refractivity (Wildman–Crippen MR) is 75.1 cm³/mol. The number of ether oxygens (including phenoxy) is 1. The standard InChI is InChI=1S/C15H25N3O/c1-12-13(9-16-10-15-7-4-8-19-15)11-18(17-12)14-5-2-3-6-14/h11,14-16H,2-10H2,1H3/t15-/m0/s1. The highest BCUT2D eigenvalue weighted by molar-refractivity contribution is 5.15. The number of aryl methyl sites for hydroxylation is 1. The first-order valence-corrected chi connectivity index (χ1v) is 7.70. The Hall–Kier alpha value is -0.870. The number of hydrogen-bond donors (Lipinski definition) is 1. The minimum absolute atomic E-state index is 0.421. The summed E-state index contributed by atoms with van der Waals surface area (Å²) in [6.07, 6.45) is 10.4. The maximum atomic E-state index is 5.62. The lowest BCUT2D eigenvalue weighted by Crippen LogP contribution is -2.25. The summed E-state index contributed by atoms with van der Waals surface area (Å²) in [6, 6.07) is 0.644. The van der Waals surface area contributed by atoms with E-state index in [1.165, 1.54) is 49.8 Å². The van der Waals surface area contributed by atoms with Crippen LogP contribution in [0.3, 0.4) is 0 Å². The highest BCUT2D eigenvalue weighted by atomic mass is 16.5. The van der Waals surface area contributed by atoms with Crippen molar-refractivity contribution < 1.29 is 4.74 Å². The Balaban J connectivity index is 1.52. The van der Waals surface area contributed by atoms with Crippen LogP contribution in [-0.4, -0.2) is 29.0 Å². The van der Waals surface area contributed by atoms with E-state index in [4.69, 9.17) is 4.74 Å². The van der Waals surface area contributed by atoms with Gasteiger partial charge in [-0.05, 0) is 32.6 Å². The summed E-state index contributed by atoms with van der Waals surface area (Å²) in [4.78, 5) is 0. The van der Waals surface area contributed by atoms with Gasteiger partial charge in [0.2, 0.25) is 0 Å². The molecule has 19 heavy (non-hydrogen) atoms. The van der Waals surface area contributed by atoms with Crippen molar-refractivity contribution in [2.75, 3.05) is 13.2 Å². The van der Waals surface area contributed by atoms with Gasteiger partial charge in [-0.1, -0.05) is 12.8 Å². The molecule has 1 atom stereocenters. The van der Waals surface area contributed by atoms with Crippen LogP contribution in [0.5, 0.6) is 0 Å². The summed E-state index contributed by atoms with van der Waals surface area (Å²) in [5.41, 5.74) is 2.51. The zero-order valence-corrected chi connectivity index (χ0v) is 11.9. The number of nitrogens with zero attached hydrogens (tertiary/aromatic N) is 2. The van der Waals surface area contributed by atoms with Gasteiger partial charge < -0.3 is 10.1 Å². The summed E-state index contributed by atoms with van der Waals surface area (Å²) in [5.74, 6) is 0. The maximum Gasteiger partial charge on any atom is 0.0700 e. The van der Waals surface area contributed by atoms with Crippen LogP contribution in [0.25, 0.3) is 0 Å². The van der Waals surface area contributed by atoms with Gasteiger partial charge in [0.25, 0.3) is 0 Å². The molecule has 1 aromatic heterocycles. The van der Waals surface area contributed by atoms with Crippen LogP contribution in [0.15, 0.2) is 6.20 Å². The van der Waals surface area contributed by atoms with Gasteiger partial charge in [-0.25, -0.2) is 0 Å². The van der Waals surface area contributed by atoms with Crippen molar-refractivity contribution in [3.05, 3.63) is 17.5 Å². The van der Waals surface area contributed by atoms with Gasteiger partial charge in [0, 0.05) is 31.5 Å². The molecule has 4 nitrogen and oxygen atoms in total. The molecular formula is C15H25N3O. The number of hydrogen-bond acceptors (Lipinski definition) is 3. The molecule has 4 heteroatoms. The zero-order chi connectivity index (χ0) is 13.1. The van der Waals surface area contributed by atoms with Crippen LogP contribution in [0.2, 0.25) is 0 Å². The zero-order valence-electron chi connectivity index (χ0n) is 11.9. The Bertz CT molecular complexity index is 404. The highest BCUT2D eigenvalue weighted by Crippen LogP contribution is 2.29. The molecule has 1 aromatic rings. The van der Waals surface area contributed by atoms with Crippen LogP contribution < -0.4 is 5.32 Å².